The summed E-state index contributed by atoms with van der Waals surface area (Å²) in [5.41, 5.74) is 1.22. The quantitative estimate of drug-likeness (QED) is 0.893. The lowest BCUT2D eigenvalue weighted by molar-refractivity contribution is 0.352. The van der Waals surface area contributed by atoms with Crippen LogP contribution < -0.4 is 14.8 Å². The molecule has 1 N–H and O–H groups in total. The number of nitrogens with one attached hydrogen (secondary N) is 1. The van der Waals surface area contributed by atoms with Gasteiger partial charge in [-0.05, 0) is 53.6 Å². The molecule has 1 aromatic carbocycles. The van der Waals surface area contributed by atoms with E-state index in [1.165, 1.54) is 5.56 Å². The van der Waals surface area contributed by atoms with Gasteiger partial charge in [-0.15, -0.1) is 0 Å². The van der Waals surface area contributed by atoms with Gasteiger partial charge in [-0.25, -0.2) is 0 Å². The minimum Gasteiger partial charge on any atom is -0.493 e. The second-order valence-electron chi connectivity index (χ2n) is 3.17. The Hall–Kier alpha value is -0.740. The Morgan fingerprint density at radius 2 is 2.00 bits per heavy atom. The summed E-state index contributed by atoms with van der Waals surface area (Å²) in [5, 5.41) is 3.11. The molecule has 0 atom stereocenters. The summed E-state index contributed by atoms with van der Waals surface area (Å²) >= 11 is 3.47. The zero-order valence-corrected chi connectivity index (χ0v) is 10.8. The van der Waals surface area contributed by atoms with Crippen LogP contribution in [-0.2, 0) is 6.42 Å². The molecule has 0 fully saturated rings. The van der Waals surface area contributed by atoms with Gasteiger partial charge in [0, 0.05) is 0 Å². The first-order valence-corrected chi connectivity index (χ1v) is 5.57. The molecule has 84 valence electrons. The third kappa shape index (κ3) is 3.11. The van der Waals surface area contributed by atoms with E-state index in [9.17, 15) is 0 Å². The highest BCUT2D eigenvalue weighted by Crippen LogP contribution is 2.36. The Kier molecular flexibility index (Phi) is 4.91. The molecule has 0 aliphatic rings. The fourth-order valence-corrected chi connectivity index (χ4v) is 2.04. The Morgan fingerprint density at radius 1 is 1.27 bits per heavy atom. The Morgan fingerprint density at radius 3 is 2.53 bits per heavy atom. The van der Waals surface area contributed by atoms with Gasteiger partial charge in [-0.2, -0.15) is 0 Å². The van der Waals surface area contributed by atoms with Crippen LogP contribution in [0.25, 0.3) is 0 Å². The van der Waals surface area contributed by atoms with E-state index in [2.05, 4.69) is 27.3 Å². The van der Waals surface area contributed by atoms with Crippen LogP contribution in [0.15, 0.2) is 16.6 Å². The first-order valence-electron chi connectivity index (χ1n) is 4.78. The lowest BCUT2D eigenvalue weighted by atomic mass is 10.1. The van der Waals surface area contributed by atoms with E-state index in [0.717, 1.165) is 28.9 Å². The normalized spacial score (nSPS) is 10.1. The molecule has 1 rings (SSSR count). The zero-order valence-electron chi connectivity index (χ0n) is 9.26. The largest absolute Gasteiger partial charge is 0.493 e. The summed E-state index contributed by atoms with van der Waals surface area (Å²) < 4.78 is 11.4. The molecule has 0 aromatic heterocycles. The molecule has 0 unspecified atom stereocenters. The van der Waals surface area contributed by atoms with E-state index in [-0.39, 0.29) is 0 Å². The van der Waals surface area contributed by atoms with Gasteiger partial charge in [0.15, 0.2) is 11.5 Å². The van der Waals surface area contributed by atoms with Crippen molar-refractivity contribution in [2.24, 2.45) is 0 Å². The summed E-state index contributed by atoms with van der Waals surface area (Å²) in [5.74, 6) is 1.50. The zero-order chi connectivity index (χ0) is 11.3. The van der Waals surface area contributed by atoms with Gasteiger partial charge in [0.25, 0.3) is 0 Å². The van der Waals surface area contributed by atoms with Crippen LogP contribution in [0, 0.1) is 0 Å². The highest BCUT2D eigenvalue weighted by molar-refractivity contribution is 9.10. The number of ether oxygens (including phenoxy) is 2. The maximum atomic E-state index is 5.26. The molecule has 0 saturated carbocycles. The lowest BCUT2D eigenvalue weighted by Gasteiger charge is -2.11. The van der Waals surface area contributed by atoms with Crippen molar-refractivity contribution in [2.75, 3.05) is 27.8 Å². The van der Waals surface area contributed by atoms with Gasteiger partial charge < -0.3 is 14.8 Å². The predicted molar refractivity (Wildman–Crippen MR) is 64.9 cm³/mol. The minimum atomic E-state index is 0.741. The van der Waals surface area contributed by atoms with Crippen molar-refractivity contribution in [3.63, 3.8) is 0 Å². The number of hydrogen-bond acceptors (Lipinski definition) is 3. The van der Waals surface area contributed by atoms with E-state index in [1.54, 1.807) is 14.2 Å². The molecule has 0 amide bonds. The van der Waals surface area contributed by atoms with E-state index >= 15 is 0 Å². The topological polar surface area (TPSA) is 30.5 Å². The first kappa shape index (κ1) is 12.3. The van der Waals surface area contributed by atoms with Gasteiger partial charge in [0.05, 0.1) is 18.7 Å². The molecule has 1 aromatic rings. The maximum Gasteiger partial charge on any atom is 0.174 e. The van der Waals surface area contributed by atoms with Crippen molar-refractivity contribution in [3.8, 4) is 11.5 Å². The standard InChI is InChI=1S/C11H16BrNO2/c1-13-5-4-8-6-9(12)11(15-3)10(7-8)14-2/h6-7,13H,4-5H2,1-3H3. The molecular formula is C11H16BrNO2. The van der Waals surface area contributed by atoms with E-state index < -0.39 is 0 Å². The van der Waals surface area contributed by atoms with Gasteiger partial charge in [-0.1, -0.05) is 0 Å². The summed E-state index contributed by atoms with van der Waals surface area (Å²) in [6.07, 6.45) is 0.968. The van der Waals surface area contributed by atoms with Crippen molar-refractivity contribution in [2.45, 2.75) is 6.42 Å². The fourth-order valence-electron chi connectivity index (χ4n) is 1.39. The molecule has 3 nitrogen and oxygen atoms in total. The molecule has 0 heterocycles. The summed E-state index contributed by atoms with van der Waals surface area (Å²) in [4.78, 5) is 0. The second kappa shape index (κ2) is 5.98. The minimum absolute atomic E-state index is 0.741. The van der Waals surface area contributed by atoms with Gasteiger partial charge in [-0.3, -0.25) is 0 Å². The van der Waals surface area contributed by atoms with Crippen LogP contribution in [0.2, 0.25) is 0 Å². The van der Waals surface area contributed by atoms with Crippen molar-refractivity contribution >= 4 is 15.9 Å². The van der Waals surface area contributed by atoms with Crippen molar-refractivity contribution in [3.05, 3.63) is 22.2 Å². The maximum absolute atomic E-state index is 5.26. The molecule has 15 heavy (non-hydrogen) atoms. The van der Waals surface area contributed by atoms with Gasteiger partial charge in [0.1, 0.15) is 0 Å². The number of rotatable bonds is 5. The third-order valence-corrected chi connectivity index (χ3v) is 2.75. The van der Waals surface area contributed by atoms with Crippen molar-refractivity contribution < 1.29 is 9.47 Å². The Balaban J connectivity index is 2.97. The monoisotopic (exact) mass is 273 g/mol. The average molecular weight is 274 g/mol. The highest BCUT2D eigenvalue weighted by atomic mass is 79.9. The van der Waals surface area contributed by atoms with E-state index in [1.807, 2.05) is 13.1 Å². The number of hydrogen-bond donors (Lipinski definition) is 1. The van der Waals surface area contributed by atoms with Crippen molar-refractivity contribution in [1.82, 2.24) is 5.32 Å². The summed E-state index contributed by atoms with van der Waals surface area (Å²) in [7, 11) is 5.22. The number of likely N-dealkylation sites (N-methyl/N-ethyl adjacent to an activating group) is 1. The van der Waals surface area contributed by atoms with Crippen LogP contribution in [0.4, 0.5) is 0 Å². The Bertz CT molecular complexity index is 329. The molecule has 0 saturated heterocycles. The van der Waals surface area contributed by atoms with E-state index in [0.29, 0.717) is 0 Å². The predicted octanol–water partition coefficient (Wildman–Crippen LogP) is 2.23. The van der Waals surface area contributed by atoms with Crippen LogP contribution >= 0.6 is 15.9 Å². The molecule has 0 bridgehead atoms. The van der Waals surface area contributed by atoms with Gasteiger partial charge >= 0.3 is 0 Å². The molecule has 0 aliphatic carbocycles. The first-order chi connectivity index (χ1) is 7.22. The summed E-state index contributed by atoms with van der Waals surface area (Å²) in [6.45, 7) is 0.946. The number of benzene rings is 1. The average Bonchev–Trinajstić information content (AvgIpc) is 2.25. The summed E-state index contributed by atoms with van der Waals surface area (Å²) in [6, 6.07) is 4.06. The Labute approximate surface area is 98.9 Å². The molecular weight excluding hydrogens is 258 g/mol. The van der Waals surface area contributed by atoms with Crippen LogP contribution in [-0.4, -0.2) is 27.8 Å². The van der Waals surface area contributed by atoms with Crippen LogP contribution in [0.3, 0.4) is 0 Å². The lowest BCUT2D eigenvalue weighted by Crippen LogP contribution is -2.10. The molecule has 0 aliphatic heterocycles. The smallest absolute Gasteiger partial charge is 0.174 e. The highest BCUT2D eigenvalue weighted by Gasteiger charge is 2.09. The molecule has 4 heteroatoms. The van der Waals surface area contributed by atoms with Crippen molar-refractivity contribution in [1.29, 1.82) is 0 Å². The second-order valence-corrected chi connectivity index (χ2v) is 4.02. The fraction of sp³-hybridized carbons (Fsp3) is 0.455. The number of methoxy groups -OCH3 is 2. The van der Waals surface area contributed by atoms with Crippen LogP contribution in [0.5, 0.6) is 11.5 Å². The molecule has 0 spiro atoms. The SMILES string of the molecule is CNCCc1cc(Br)c(OC)c(OC)c1. The number of halogens is 1. The molecule has 0 radical (unpaired) electrons. The van der Waals surface area contributed by atoms with E-state index in [4.69, 9.17) is 9.47 Å². The van der Waals surface area contributed by atoms with Crippen LogP contribution in [0.1, 0.15) is 5.56 Å². The van der Waals surface area contributed by atoms with Gasteiger partial charge in [0.2, 0.25) is 0 Å². The third-order valence-electron chi connectivity index (χ3n) is 2.16.